The van der Waals surface area contributed by atoms with E-state index in [0.29, 0.717) is 75.1 Å². The second kappa shape index (κ2) is 108. The van der Waals surface area contributed by atoms with Gasteiger partial charge >= 0.3 is 71.7 Å². The topological polar surface area (TPSA) is 105 Å². The van der Waals surface area contributed by atoms with Crippen LogP contribution in [0.25, 0.3) is 0 Å². The first-order valence-corrected chi connectivity index (χ1v) is 38.9. The average Bonchev–Trinajstić information content (AvgIpc) is 3.56. The molecule has 8 nitrogen and oxygen atoms in total. The van der Waals surface area contributed by atoms with Crippen LogP contribution in [-0.4, -0.2) is 121 Å². The fourth-order valence-electron chi connectivity index (χ4n) is 10.1. The van der Waals surface area contributed by atoms with Gasteiger partial charge in [-0.1, -0.05) is 295 Å². The van der Waals surface area contributed by atoms with Crippen LogP contribution in [0.3, 0.4) is 0 Å². The van der Waals surface area contributed by atoms with E-state index < -0.39 is 0 Å². The first kappa shape index (κ1) is 112. The Hall–Kier alpha value is 0.187. The summed E-state index contributed by atoms with van der Waals surface area (Å²) in [5.74, 6) is 1.67. The minimum absolute atomic E-state index is 0. The van der Waals surface area contributed by atoms with E-state index in [-0.39, 0.29) is 100 Å². The Kier molecular flexibility index (Phi) is 130. The maximum atomic E-state index is 11.2. The zero-order chi connectivity index (χ0) is 65.2. The second-order valence-electron chi connectivity index (χ2n) is 23.7. The SMILES string of the molecule is C.C.C/C=C/CCCCCCCCCCCCCC(=O)OCC[S-].C/C=C/CCCCCCCCCCCCCC(=O)OCC[S-].C/C=C/CCCCCCCCCCCCCC(=O)OCC[S-].C/C=C/CCCCCCCCCCCCCC(=O)OCC[S-].S.[Sn+2].[Sn+2]. The van der Waals surface area contributed by atoms with Crippen LogP contribution >= 0.6 is 13.5 Å². The van der Waals surface area contributed by atoms with Crippen molar-refractivity contribution in [2.75, 3.05) is 49.4 Å². The minimum Gasteiger partial charge on any atom is -0.789 e. The Labute approximate surface area is 642 Å². The van der Waals surface area contributed by atoms with E-state index in [1.165, 1.54) is 257 Å². The fourth-order valence-corrected chi connectivity index (χ4v) is 10.4. The summed E-state index contributed by atoms with van der Waals surface area (Å²) in [5, 5.41) is 0. The Morgan fingerprint density at radius 1 is 0.237 bits per heavy atom. The molecule has 0 saturated carbocycles. The van der Waals surface area contributed by atoms with Crippen molar-refractivity contribution in [2.45, 2.75) is 376 Å². The largest absolute Gasteiger partial charge is 2.00 e. The molecule has 93 heavy (non-hydrogen) atoms. The van der Waals surface area contributed by atoms with Gasteiger partial charge in [0.15, 0.2) is 0 Å². The van der Waals surface area contributed by atoms with E-state index in [2.05, 4.69) is 76.3 Å². The van der Waals surface area contributed by atoms with Gasteiger partial charge in [0.05, 0.1) is 26.4 Å². The minimum atomic E-state index is -0.0840. The number of esters is 4. The van der Waals surface area contributed by atoms with Gasteiger partial charge in [-0.05, 0) is 105 Å². The first-order valence-electron chi connectivity index (χ1n) is 36.6. The summed E-state index contributed by atoms with van der Waals surface area (Å²) in [6.07, 6.45) is 82.0. The van der Waals surface area contributed by atoms with E-state index in [1.54, 1.807) is 0 Å². The summed E-state index contributed by atoms with van der Waals surface area (Å²) in [7, 11) is 0. The molecule has 15 heteroatoms. The average molecular weight is 1610 g/mol. The molecule has 0 aromatic heterocycles. The number of carbonyl (C=O) groups excluding carboxylic acids is 4. The smallest absolute Gasteiger partial charge is 0.789 e. The van der Waals surface area contributed by atoms with Crippen molar-refractivity contribution in [1.29, 1.82) is 0 Å². The van der Waals surface area contributed by atoms with Crippen molar-refractivity contribution in [3.63, 3.8) is 0 Å². The van der Waals surface area contributed by atoms with Gasteiger partial charge in [0.1, 0.15) is 0 Å². The predicted octanol–water partition coefficient (Wildman–Crippen LogP) is 23.5. The molecule has 0 unspecified atom stereocenters. The van der Waals surface area contributed by atoms with Gasteiger partial charge in [-0.15, -0.1) is 23.0 Å². The first-order chi connectivity index (χ1) is 43.2. The van der Waals surface area contributed by atoms with Crippen molar-refractivity contribution >= 4 is 136 Å². The van der Waals surface area contributed by atoms with Crippen LogP contribution in [0.2, 0.25) is 0 Å². The number of carbonyl (C=O) groups is 4. The third-order valence-corrected chi connectivity index (χ3v) is 16.0. The summed E-state index contributed by atoms with van der Waals surface area (Å²) in [5.41, 5.74) is 0. The zero-order valence-corrected chi connectivity index (χ0v) is 69.4. The summed E-state index contributed by atoms with van der Waals surface area (Å²) in [6.45, 7) is 9.94. The van der Waals surface area contributed by atoms with Gasteiger partial charge < -0.3 is 69.5 Å². The van der Waals surface area contributed by atoms with Gasteiger partial charge in [-0.25, -0.2) is 0 Å². The summed E-state index contributed by atoms with van der Waals surface area (Å²) in [4.78, 5) is 45.0. The Morgan fingerprint density at radius 3 is 0.473 bits per heavy atom. The quantitative estimate of drug-likeness (QED) is 0.0145. The van der Waals surface area contributed by atoms with Crippen molar-refractivity contribution in [1.82, 2.24) is 0 Å². The monoisotopic (exact) mass is 1610 g/mol. The molecular weight excluding hydrogens is 1460 g/mol. The standard InChI is InChI=1S/4C19H36O2S.2CH4.H2S.2Sn/c4*1-2-3-4-5-6-7-8-9-10-11-12-13-14-15-16-19(20)21-17-18-22;;;;;/h4*2-3,22H,4-18H2,1H3;2*1H4;1H2;;/q;;;;;;;2*+2/p-4/b4*3-2+;;;;;. The van der Waals surface area contributed by atoms with E-state index in [1.807, 2.05) is 0 Å². The van der Waals surface area contributed by atoms with Crippen LogP contribution in [0.15, 0.2) is 48.6 Å². The van der Waals surface area contributed by atoms with Crippen molar-refractivity contribution in [3.05, 3.63) is 48.6 Å². The van der Waals surface area contributed by atoms with Crippen LogP contribution in [0.1, 0.15) is 376 Å². The van der Waals surface area contributed by atoms with Crippen molar-refractivity contribution in [2.24, 2.45) is 0 Å². The molecule has 0 bridgehead atoms. The summed E-state index contributed by atoms with van der Waals surface area (Å²) >= 11 is 18.9. The second-order valence-corrected chi connectivity index (χ2v) is 25.3. The van der Waals surface area contributed by atoms with Crippen LogP contribution < -0.4 is 0 Å². The Morgan fingerprint density at radius 2 is 0.355 bits per heavy atom. The third-order valence-electron chi connectivity index (χ3n) is 15.3. The number of unbranched alkanes of at least 4 members (excludes halogenated alkanes) is 44. The normalized spacial score (nSPS) is 10.6. The Bertz CT molecular complexity index is 1290. The molecule has 0 rings (SSSR count). The third kappa shape index (κ3) is 117. The molecular formula is C78H150O8S5Sn2. The Balaban J connectivity index is -0.000000142. The maximum absolute atomic E-state index is 11.2. The van der Waals surface area contributed by atoms with E-state index in [4.69, 9.17) is 69.5 Å². The summed E-state index contributed by atoms with van der Waals surface area (Å²) < 4.78 is 19.8. The van der Waals surface area contributed by atoms with Gasteiger partial charge in [0.25, 0.3) is 0 Å². The van der Waals surface area contributed by atoms with Crippen LogP contribution in [-0.2, 0) is 88.6 Å². The number of rotatable bonds is 64. The molecule has 0 heterocycles. The molecule has 0 spiro atoms. The molecule has 0 amide bonds. The predicted molar refractivity (Wildman–Crippen MR) is 427 cm³/mol. The van der Waals surface area contributed by atoms with Crippen LogP contribution in [0, 0.1) is 0 Å². The molecule has 4 radical (unpaired) electrons. The van der Waals surface area contributed by atoms with Gasteiger partial charge in [0, 0.05) is 25.7 Å². The molecule has 0 saturated heterocycles. The van der Waals surface area contributed by atoms with Gasteiger partial charge in [-0.2, -0.15) is 13.5 Å². The number of ether oxygens (including phenoxy) is 4. The van der Waals surface area contributed by atoms with Gasteiger partial charge in [0.2, 0.25) is 0 Å². The van der Waals surface area contributed by atoms with Crippen LogP contribution in [0.5, 0.6) is 0 Å². The van der Waals surface area contributed by atoms with E-state index >= 15 is 0 Å². The molecule has 0 aliphatic carbocycles. The van der Waals surface area contributed by atoms with Crippen molar-refractivity contribution in [3.8, 4) is 0 Å². The number of allylic oxidation sites excluding steroid dienone is 8. The molecule has 0 aliphatic heterocycles. The van der Waals surface area contributed by atoms with Gasteiger partial charge in [-0.3, -0.25) is 19.2 Å². The summed E-state index contributed by atoms with van der Waals surface area (Å²) in [6, 6.07) is 0. The molecule has 0 aromatic carbocycles. The van der Waals surface area contributed by atoms with Crippen molar-refractivity contribution < 1.29 is 38.1 Å². The molecule has 0 fully saturated rings. The molecule has 548 valence electrons. The van der Waals surface area contributed by atoms with E-state index in [9.17, 15) is 19.2 Å². The molecule has 0 aliphatic rings. The van der Waals surface area contributed by atoms with Crippen LogP contribution in [0.4, 0.5) is 0 Å². The molecule has 0 N–H and O–H groups in total. The fraction of sp³-hybridized carbons (Fsp3) is 0.846. The number of hydrogen-bond acceptors (Lipinski definition) is 12. The molecule has 0 aromatic rings. The number of hydrogen-bond donors (Lipinski definition) is 0. The zero-order valence-electron chi connectivity index (χ0n) is 59.4. The molecule has 0 atom stereocenters. The van der Waals surface area contributed by atoms with E-state index in [0.717, 1.165) is 51.4 Å². The maximum Gasteiger partial charge on any atom is 2.00 e.